The van der Waals surface area contributed by atoms with E-state index in [2.05, 4.69) is 14.7 Å². The van der Waals surface area contributed by atoms with Crippen molar-refractivity contribution in [2.75, 3.05) is 11.5 Å². The summed E-state index contributed by atoms with van der Waals surface area (Å²) in [4.78, 5) is 8.98. The summed E-state index contributed by atoms with van der Waals surface area (Å²) in [6, 6.07) is 15.3. The molecule has 8 nitrogen and oxygen atoms in total. The van der Waals surface area contributed by atoms with Crippen LogP contribution in [0.2, 0.25) is 0 Å². The van der Waals surface area contributed by atoms with Gasteiger partial charge in [0.25, 0.3) is 0 Å². The number of anilines is 2. The molecule has 216 valence electrons. The predicted molar refractivity (Wildman–Crippen MR) is 147 cm³/mol. The van der Waals surface area contributed by atoms with Gasteiger partial charge < -0.3 is 29.8 Å². The van der Waals surface area contributed by atoms with Crippen LogP contribution in [-0.4, -0.2) is 34.9 Å². The molecule has 4 N–H and O–H groups in total. The molecule has 0 saturated heterocycles. The summed E-state index contributed by atoms with van der Waals surface area (Å²) < 4.78 is 70.4. The van der Waals surface area contributed by atoms with Gasteiger partial charge in [-0.3, -0.25) is 5.41 Å². The van der Waals surface area contributed by atoms with Gasteiger partial charge in [-0.2, -0.15) is 0 Å². The highest BCUT2D eigenvalue weighted by Crippen LogP contribution is 2.39. The number of hydrogen-bond acceptors (Lipinski definition) is 6. The van der Waals surface area contributed by atoms with Crippen molar-refractivity contribution in [1.82, 2.24) is 9.97 Å². The van der Waals surface area contributed by atoms with Crippen LogP contribution >= 0.6 is 0 Å². The Kier molecular flexibility index (Phi) is 8.70. The number of ether oxygens (including phenoxy) is 3. The molecule has 0 aliphatic rings. The van der Waals surface area contributed by atoms with Crippen LogP contribution < -0.4 is 24.8 Å². The van der Waals surface area contributed by atoms with Crippen molar-refractivity contribution in [1.29, 1.82) is 5.41 Å². The molecule has 0 saturated carbocycles. The smallest absolute Gasteiger partial charge is 0.494 e. The van der Waals surface area contributed by atoms with Gasteiger partial charge in [-0.05, 0) is 57.2 Å². The van der Waals surface area contributed by atoms with Crippen LogP contribution in [0.3, 0.4) is 0 Å². The molecule has 1 aromatic heterocycles. The molecule has 0 spiro atoms. The number of nitrogen functional groups attached to an aromatic ring is 1. The number of alkyl halides is 3. The number of aromatic amines is 1. The number of amidine groups is 1. The molecule has 3 aromatic carbocycles. The molecule has 0 aliphatic carbocycles. The largest absolute Gasteiger partial charge is 0.573 e. The second kappa shape index (κ2) is 12.2. The van der Waals surface area contributed by atoms with Crippen LogP contribution in [0.1, 0.15) is 32.2 Å². The lowest BCUT2D eigenvalue weighted by Crippen LogP contribution is -2.20. The van der Waals surface area contributed by atoms with Crippen molar-refractivity contribution in [3.63, 3.8) is 0 Å². The van der Waals surface area contributed by atoms with Crippen molar-refractivity contribution in [3.8, 4) is 28.5 Å². The molecular formula is C29H29F4N5O3. The lowest BCUT2D eigenvalue weighted by atomic mass is 10.1. The van der Waals surface area contributed by atoms with E-state index >= 15 is 4.39 Å². The van der Waals surface area contributed by atoms with E-state index in [1.807, 2.05) is 0 Å². The first-order chi connectivity index (χ1) is 19.4. The van der Waals surface area contributed by atoms with E-state index < -0.39 is 17.9 Å². The second-order valence-electron chi connectivity index (χ2n) is 9.19. The first kappa shape index (κ1) is 29.2. The van der Waals surface area contributed by atoms with Crippen LogP contribution in [0.4, 0.5) is 28.9 Å². The third kappa shape index (κ3) is 7.27. The van der Waals surface area contributed by atoms with Crippen molar-refractivity contribution in [3.05, 3.63) is 84.1 Å². The Morgan fingerprint density at radius 3 is 2.41 bits per heavy atom. The zero-order chi connectivity index (χ0) is 29.7. The highest BCUT2D eigenvalue weighted by atomic mass is 19.4. The molecule has 12 heteroatoms. The number of nitrogens with two attached hydrogens (primary N) is 1. The molecular weight excluding hydrogens is 542 g/mol. The van der Waals surface area contributed by atoms with Crippen LogP contribution in [0.5, 0.6) is 17.2 Å². The molecule has 0 aliphatic heterocycles. The van der Waals surface area contributed by atoms with Gasteiger partial charge in [-0.1, -0.05) is 12.1 Å². The molecule has 0 unspecified atom stereocenters. The number of H-pyrrole nitrogens is 1. The molecule has 4 rings (SSSR count). The monoisotopic (exact) mass is 571 g/mol. The maximum atomic E-state index is 15.9. The van der Waals surface area contributed by atoms with E-state index in [1.165, 1.54) is 36.5 Å². The summed E-state index contributed by atoms with van der Waals surface area (Å²) in [6.07, 6.45) is -3.81. The van der Waals surface area contributed by atoms with Crippen molar-refractivity contribution < 1.29 is 31.8 Å². The maximum absolute atomic E-state index is 15.9. The SMILES string of the molecule is CCOc1cc(OC(C)C)c(F)c(N(Cc2ncc(-c3ccccc3OC(F)(F)F)[nH]2)c2ccc(C(=N)N)cc2)c1. The van der Waals surface area contributed by atoms with Crippen molar-refractivity contribution in [2.45, 2.75) is 39.8 Å². The van der Waals surface area contributed by atoms with E-state index in [9.17, 15) is 13.2 Å². The fourth-order valence-corrected chi connectivity index (χ4v) is 4.11. The number of nitrogens with one attached hydrogen (secondary N) is 2. The molecule has 0 fully saturated rings. The molecule has 0 atom stereocenters. The predicted octanol–water partition coefficient (Wildman–Crippen LogP) is 6.92. The Morgan fingerprint density at radius 2 is 1.78 bits per heavy atom. The lowest BCUT2D eigenvalue weighted by Gasteiger charge is -2.26. The Balaban J connectivity index is 1.78. The first-order valence-electron chi connectivity index (χ1n) is 12.7. The summed E-state index contributed by atoms with van der Waals surface area (Å²) >= 11 is 0. The van der Waals surface area contributed by atoms with Gasteiger partial charge >= 0.3 is 6.36 Å². The molecule has 1 heterocycles. The van der Waals surface area contributed by atoms with Crippen LogP contribution in [0.15, 0.2) is 66.9 Å². The average Bonchev–Trinajstić information content (AvgIpc) is 3.37. The van der Waals surface area contributed by atoms with Gasteiger partial charge in [0.05, 0.1) is 36.8 Å². The summed E-state index contributed by atoms with van der Waals surface area (Å²) in [7, 11) is 0. The Labute approximate surface area is 234 Å². The minimum absolute atomic E-state index is 0.00957. The first-order valence-corrected chi connectivity index (χ1v) is 12.7. The lowest BCUT2D eigenvalue weighted by molar-refractivity contribution is -0.274. The van der Waals surface area contributed by atoms with Gasteiger partial charge in [-0.15, -0.1) is 13.2 Å². The van der Waals surface area contributed by atoms with Crippen molar-refractivity contribution >= 4 is 17.2 Å². The van der Waals surface area contributed by atoms with Crippen LogP contribution in [0.25, 0.3) is 11.3 Å². The quantitative estimate of drug-likeness (QED) is 0.102. The minimum Gasteiger partial charge on any atom is -0.494 e. The van der Waals surface area contributed by atoms with Gasteiger partial charge in [-0.25, -0.2) is 9.37 Å². The Bertz CT molecular complexity index is 1500. The summed E-state index contributed by atoms with van der Waals surface area (Å²) in [5.74, 6) is -0.472. The van der Waals surface area contributed by atoms with Crippen LogP contribution in [-0.2, 0) is 6.54 Å². The zero-order valence-corrected chi connectivity index (χ0v) is 22.6. The number of halogens is 4. The minimum atomic E-state index is -4.87. The number of aromatic nitrogens is 2. The molecule has 0 amide bonds. The molecule has 0 bridgehead atoms. The molecule has 41 heavy (non-hydrogen) atoms. The average molecular weight is 572 g/mol. The number of para-hydroxylation sites is 1. The Morgan fingerprint density at radius 1 is 1.07 bits per heavy atom. The fourth-order valence-electron chi connectivity index (χ4n) is 4.11. The van der Waals surface area contributed by atoms with E-state index in [0.29, 0.717) is 29.4 Å². The van der Waals surface area contributed by atoms with Gasteiger partial charge in [0.2, 0.25) is 0 Å². The summed E-state index contributed by atoms with van der Waals surface area (Å²) in [5.41, 5.74) is 7.15. The maximum Gasteiger partial charge on any atom is 0.573 e. The third-order valence-electron chi connectivity index (χ3n) is 5.79. The molecule has 4 aromatic rings. The van der Waals surface area contributed by atoms with Crippen LogP contribution in [0, 0.1) is 11.2 Å². The van der Waals surface area contributed by atoms with E-state index in [-0.39, 0.29) is 41.2 Å². The number of nitrogens with zero attached hydrogens (tertiary/aromatic N) is 2. The molecule has 0 radical (unpaired) electrons. The van der Waals surface area contributed by atoms with Gasteiger partial charge in [0.15, 0.2) is 11.6 Å². The second-order valence-corrected chi connectivity index (χ2v) is 9.19. The number of imidazole rings is 1. The summed E-state index contributed by atoms with van der Waals surface area (Å²) in [5, 5.41) is 7.69. The summed E-state index contributed by atoms with van der Waals surface area (Å²) in [6.45, 7) is 5.66. The van der Waals surface area contributed by atoms with E-state index in [1.54, 1.807) is 56.0 Å². The standard InChI is InChI=1S/C29H29F4N5O3/c1-4-39-20-13-23(27(30)25(14-20)40-17(2)3)38(19-11-9-18(10-12-19)28(34)35)16-26-36-15-22(37-26)21-7-5-6-8-24(21)41-29(31,32)33/h5-15,17H,4,16H2,1-3H3,(H3,34,35)(H,36,37). The topological polar surface area (TPSA) is 109 Å². The number of benzene rings is 3. The zero-order valence-electron chi connectivity index (χ0n) is 22.6. The highest BCUT2D eigenvalue weighted by molar-refractivity contribution is 5.95. The van der Waals surface area contributed by atoms with E-state index in [0.717, 1.165) is 0 Å². The fraction of sp³-hybridized carbons (Fsp3) is 0.241. The number of hydrogen-bond donors (Lipinski definition) is 3. The third-order valence-corrected chi connectivity index (χ3v) is 5.79. The number of rotatable bonds is 11. The van der Waals surface area contributed by atoms with Gasteiger partial charge in [0.1, 0.15) is 23.2 Å². The van der Waals surface area contributed by atoms with E-state index in [4.69, 9.17) is 20.6 Å². The Hall–Kier alpha value is -4.74. The highest BCUT2D eigenvalue weighted by Gasteiger charge is 2.32. The van der Waals surface area contributed by atoms with Gasteiger partial charge in [0, 0.05) is 28.9 Å². The van der Waals surface area contributed by atoms with Crippen molar-refractivity contribution in [2.24, 2.45) is 5.73 Å². The normalized spacial score (nSPS) is 11.4.